The minimum Gasteiger partial charge on any atom is -0.375 e. The van der Waals surface area contributed by atoms with Crippen LogP contribution in [-0.4, -0.2) is 103 Å². The number of hydrogen-bond acceptors (Lipinski definition) is 5. The predicted molar refractivity (Wildman–Crippen MR) is 74.8 cm³/mol. The summed E-state index contributed by atoms with van der Waals surface area (Å²) in [6.45, 7) is 1.42. The molecule has 5 amide bonds. The number of rotatable bonds is 4. The smallest absolute Gasteiger partial charge is 0.327 e. The van der Waals surface area contributed by atoms with Crippen molar-refractivity contribution in [3.8, 4) is 0 Å². The molecule has 2 heterocycles. The van der Waals surface area contributed by atoms with E-state index in [4.69, 9.17) is 4.74 Å². The van der Waals surface area contributed by atoms with Crippen LogP contribution in [0.4, 0.5) is 4.79 Å². The molecule has 0 aromatic carbocycles. The van der Waals surface area contributed by atoms with Crippen molar-refractivity contribution >= 4 is 23.8 Å². The van der Waals surface area contributed by atoms with Crippen LogP contribution in [0.5, 0.6) is 0 Å². The van der Waals surface area contributed by atoms with E-state index < -0.39 is 6.03 Å². The van der Waals surface area contributed by atoms with Gasteiger partial charge in [0, 0.05) is 40.3 Å². The highest BCUT2D eigenvalue weighted by Gasteiger charge is 2.36. The average molecular weight is 312 g/mol. The fourth-order valence-corrected chi connectivity index (χ4v) is 2.48. The zero-order chi connectivity index (χ0) is 16.3. The minimum atomic E-state index is -0.452. The molecule has 122 valence electrons. The van der Waals surface area contributed by atoms with Gasteiger partial charge in [0.25, 0.3) is 5.91 Å². The van der Waals surface area contributed by atoms with E-state index in [-0.39, 0.29) is 37.4 Å². The summed E-state index contributed by atoms with van der Waals surface area (Å²) >= 11 is 0. The van der Waals surface area contributed by atoms with Crippen molar-refractivity contribution in [1.29, 1.82) is 0 Å². The van der Waals surface area contributed by atoms with Crippen LogP contribution in [-0.2, 0) is 19.1 Å². The molecule has 0 spiro atoms. The van der Waals surface area contributed by atoms with Gasteiger partial charge in [-0.25, -0.2) is 4.79 Å². The number of carbonyl (C=O) groups excluding carboxylic acids is 4. The molecule has 2 aliphatic heterocycles. The molecular formula is C13H20N4O5. The zero-order valence-corrected chi connectivity index (χ0v) is 12.8. The summed E-state index contributed by atoms with van der Waals surface area (Å²) < 4.78 is 4.80. The van der Waals surface area contributed by atoms with E-state index in [1.165, 1.54) is 19.1 Å². The molecule has 0 saturated carbocycles. The molecular weight excluding hydrogens is 292 g/mol. The van der Waals surface area contributed by atoms with Crippen molar-refractivity contribution in [3.63, 3.8) is 0 Å². The number of likely N-dealkylation sites (N-methyl/N-ethyl adjacent to an activating group) is 1. The Morgan fingerprint density at radius 3 is 2.05 bits per heavy atom. The molecule has 0 aromatic heterocycles. The van der Waals surface area contributed by atoms with Gasteiger partial charge in [0.1, 0.15) is 19.7 Å². The Labute approximate surface area is 128 Å². The lowest BCUT2D eigenvalue weighted by molar-refractivity contribution is -0.143. The molecule has 9 heteroatoms. The number of urea groups is 1. The third kappa shape index (κ3) is 3.35. The zero-order valence-electron chi connectivity index (χ0n) is 12.8. The van der Waals surface area contributed by atoms with Crippen LogP contribution < -0.4 is 0 Å². The number of hydrogen-bond donors (Lipinski definition) is 0. The van der Waals surface area contributed by atoms with Crippen molar-refractivity contribution in [2.45, 2.75) is 0 Å². The monoisotopic (exact) mass is 312 g/mol. The number of ether oxygens (including phenoxy) is 1. The van der Waals surface area contributed by atoms with Crippen LogP contribution in [0.2, 0.25) is 0 Å². The highest BCUT2D eigenvalue weighted by Crippen LogP contribution is 2.09. The van der Waals surface area contributed by atoms with Gasteiger partial charge in [-0.3, -0.25) is 19.3 Å². The number of carbonyl (C=O) groups is 4. The van der Waals surface area contributed by atoms with Crippen molar-refractivity contribution in [2.75, 3.05) is 60.0 Å². The number of piperazine rings is 1. The molecule has 2 aliphatic rings. The van der Waals surface area contributed by atoms with Gasteiger partial charge in [-0.15, -0.1) is 0 Å². The van der Waals surface area contributed by atoms with Crippen LogP contribution in [0.25, 0.3) is 0 Å². The van der Waals surface area contributed by atoms with Gasteiger partial charge in [0.15, 0.2) is 0 Å². The number of methoxy groups -OCH3 is 1. The molecule has 0 unspecified atom stereocenters. The third-order valence-electron chi connectivity index (χ3n) is 3.78. The highest BCUT2D eigenvalue weighted by atomic mass is 16.5. The topological polar surface area (TPSA) is 90.5 Å². The molecule has 22 heavy (non-hydrogen) atoms. The Morgan fingerprint density at radius 1 is 1.05 bits per heavy atom. The highest BCUT2D eigenvalue weighted by molar-refractivity contribution is 6.04. The molecule has 0 aromatic rings. The first-order valence-corrected chi connectivity index (χ1v) is 7.04. The van der Waals surface area contributed by atoms with E-state index in [0.717, 1.165) is 4.90 Å². The Kier molecular flexibility index (Phi) is 4.96. The van der Waals surface area contributed by atoms with Crippen LogP contribution in [0.15, 0.2) is 0 Å². The van der Waals surface area contributed by atoms with Crippen LogP contribution in [0.3, 0.4) is 0 Å². The molecule has 0 atom stereocenters. The second-order valence-corrected chi connectivity index (χ2v) is 5.31. The Hall–Kier alpha value is -2.16. The first kappa shape index (κ1) is 16.2. The summed E-state index contributed by atoms with van der Waals surface area (Å²) in [5.74, 6) is -0.758. The molecule has 0 aliphatic carbocycles. The predicted octanol–water partition coefficient (Wildman–Crippen LogP) is -1.80. The number of nitrogens with zero attached hydrogens (tertiary/aromatic N) is 4. The van der Waals surface area contributed by atoms with Gasteiger partial charge in [-0.2, -0.15) is 0 Å². The molecule has 9 nitrogen and oxygen atoms in total. The summed E-state index contributed by atoms with van der Waals surface area (Å²) in [5, 5.41) is 0. The minimum absolute atomic E-state index is 0.00537. The quantitative estimate of drug-likeness (QED) is 0.571. The lowest BCUT2D eigenvalue weighted by atomic mass is 10.3. The lowest BCUT2D eigenvalue weighted by Crippen LogP contribution is -2.53. The first-order valence-electron chi connectivity index (χ1n) is 7.04. The van der Waals surface area contributed by atoms with Crippen LogP contribution in [0, 0.1) is 0 Å². The summed E-state index contributed by atoms with van der Waals surface area (Å²) in [5.41, 5.74) is 0. The normalized spacial score (nSPS) is 19.2. The fraction of sp³-hybridized carbons (Fsp3) is 0.692. The summed E-state index contributed by atoms with van der Waals surface area (Å²) in [6.07, 6.45) is 0. The van der Waals surface area contributed by atoms with Gasteiger partial charge in [-0.1, -0.05) is 0 Å². The largest absolute Gasteiger partial charge is 0.375 e. The number of imide groups is 1. The molecule has 0 radical (unpaired) electrons. The van der Waals surface area contributed by atoms with Crippen LogP contribution in [0.1, 0.15) is 0 Å². The molecule has 0 N–H and O–H groups in total. The lowest BCUT2D eigenvalue weighted by Gasteiger charge is -2.35. The Balaban J connectivity index is 1.84. The maximum Gasteiger partial charge on any atom is 0.327 e. The van der Waals surface area contributed by atoms with Crippen LogP contribution >= 0.6 is 0 Å². The summed E-state index contributed by atoms with van der Waals surface area (Å²) in [4.78, 5) is 52.7. The van der Waals surface area contributed by atoms with Gasteiger partial charge in [-0.05, 0) is 0 Å². The molecule has 0 bridgehead atoms. The third-order valence-corrected chi connectivity index (χ3v) is 3.78. The van der Waals surface area contributed by atoms with Crippen molar-refractivity contribution in [1.82, 2.24) is 19.6 Å². The second-order valence-electron chi connectivity index (χ2n) is 5.31. The van der Waals surface area contributed by atoms with E-state index >= 15 is 0 Å². The molecule has 2 saturated heterocycles. The van der Waals surface area contributed by atoms with Gasteiger partial charge in [0.05, 0.1) is 0 Å². The second kappa shape index (κ2) is 6.73. The van der Waals surface area contributed by atoms with Crippen molar-refractivity contribution < 1.29 is 23.9 Å². The van der Waals surface area contributed by atoms with Crippen molar-refractivity contribution in [2.24, 2.45) is 0 Å². The average Bonchev–Trinajstić information content (AvgIpc) is 2.74. The van der Waals surface area contributed by atoms with E-state index in [9.17, 15) is 19.2 Å². The standard InChI is InChI=1S/C13H20N4O5/c1-14-7-11(19)17(13(14)21)8-10(18)15-3-5-16(6-4-15)12(20)9-22-2/h3-9H2,1-2H3. The van der Waals surface area contributed by atoms with Gasteiger partial charge >= 0.3 is 6.03 Å². The Bertz CT molecular complexity index is 487. The SMILES string of the molecule is COCC(=O)N1CCN(C(=O)CN2C(=O)CN(C)C2=O)CC1. The summed E-state index contributed by atoms with van der Waals surface area (Å²) in [7, 11) is 2.98. The maximum atomic E-state index is 12.2. The first-order chi connectivity index (χ1) is 10.4. The molecule has 2 fully saturated rings. The van der Waals surface area contributed by atoms with Gasteiger partial charge in [0.2, 0.25) is 11.8 Å². The Morgan fingerprint density at radius 2 is 1.59 bits per heavy atom. The van der Waals surface area contributed by atoms with E-state index in [1.54, 1.807) is 9.80 Å². The molecule has 2 rings (SSSR count). The van der Waals surface area contributed by atoms with E-state index in [1.807, 2.05) is 0 Å². The summed E-state index contributed by atoms with van der Waals surface area (Å²) in [6, 6.07) is -0.452. The fourth-order valence-electron chi connectivity index (χ4n) is 2.48. The number of amides is 5. The van der Waals surface area contributed by atoms with E-state index in [2.05, 4.69) is 0 Å². The van der Waals surface area contributed by atoms with E-state index in [0.29, 0.717) is 26.2 Å². The van der Waals surface area contributed by atoms with Gasteiger partial charge < -0.3 is 19.4 Å². The maximum absolute atomic E-state index is 12.2. The van der Waals surface area contributed by atoms with Crippen molar-refractivity contribution in [3.05, 3.63) is 0 Å².